The monoisotopic (exact) mass is 520 g/mol. The number of aromatic nitrogens is 3. The SMILES string of the molecule is CNC(=O)Oc1nc(-c2ccc(F)c3c(C(=O)C(=O)N4CCN(C(=O)c5ccccc5)CC4)c[nH]c23)no1. The average Bonchev–Trinajstić information content (AvgIpc) is 3.61. The molecule has 194 valence electrons. The van der Waals surface area contributed by atoms with Crippen LogP contribution in [0.4, 0.5) is 9.18 Å². The highest BCUT2D eigenvalue weighted by molar-refractivity contribution is 6.45. The van der Waals surface area contributed by atoms with Crippen LogP contribution in [0.15, 0.2) is 53.2 Å². The van der Waals surface area contributed by atoms with Gasteiger partial charge >= 0.3 is 12.2 Å². The van der Waals surface area contributed by atoms with Crippen LogP contribution in [0, 0.1) is 5.82 Å². The summed E-state index contributed by atoms with van der Waals surface area (Å²) in [6, 6.07) is 11.3. The molecule has 3 heterocycles. The van der Waals surface area contributed by atoms with Gasteiger partial charge in [0.15, 0.2) is 0 Å². The van der Waals surface area contributed by atoms with Gasteiger partial charge in [-0.15, -0.1) is 0 Å². The van der Waals surface area contributed by atoms with Crippen LogP contribution in [-0.2, 0) is 4.79 Å². The number of fused-ring (bicyclic) bond motifs is 1. The molecule has 0 atom stereocenters. The fraction of sp³-hybridized carbons (Fsp3) is 0.200. The number of hydrogen-bond donors (Lipinski definition) is 2. The molecule has 0 bridgehead atoms. The Bertz CT molecular complexity index is 1540. The van der Waals surface area contributed by atoms with E-state index in [0.717, 1.165) is 6.07 Å². The molecule has 2 aromatic heterocycles. The topological polar surface area (TPSA) is 151 Å². The number of carbonyl (C=O) groups excluding carboxylic acids is 4. The number of benzene rings is 2. The van der Waals surface area contributed by atoms with Crippen molar-refractivity contribution in [1.29, 1.82) is 0 Å². The van der Waals surface area contributed by atoms with E-state index in [-0.39, 0.29) is 59.9 Å². The van der Waals surface area contributed by atoms with Crippen molar-refractivity contribution < 1.29 is 32.8 Å². The number of carbonyl (C=O) groups is 4. The fourth-order valence-electron chi connectivity index (χ4n) is 4.20. The third-order valence-electron chi connectivity index (χ3n) is 6.13. The number of amides is 3. The van der Waals surface area contributed by atoms with Gasteiger partial charge in [0.05, 0.1) is 11.1 Å². The summed E-state index contributed by atoms with van der Waals surface area (Å²) in [5, 5.41) is 5.85. The van der Waals surface area contributed by atoms with E-state index in [4.69, 9.17) is 9.26 Å². The summed E-state index contributed by atoms with van der Waals surface area (Å²) >= 11 is 0. The Kier molecular flexibility index (Phi) is 6.56. The van der Waals surface area contributed by atoms with Crippen molar-refractivity contribution in [2.45, 2.75) is 0 Å². The number of nitrogens with one attached hydrogen (secondary N) is 2. The second-order valence-corrected chi connectivity index (χ2v) is 8.35. The van der Waals surface area contributed by atoms with Gasteiger partial charge in [-0.3, -0.25) is 18.9 Å². The van der Waals surface area contributed by atoms with Gasteiger partial charge in [0.1, 0.15) is 5.82 Å². The lowest BCUT2D eigenvalue weighted by Gasteiger charge is -2.34. The van der Waals surface area contributed by atoms with Crippen LogP contribution in [0.25, 0.3) is 22.3 Å². The predicted octanol–water partition coefficient (Wildman–Crippen LogP) is 2.24. The maximum absolute atomic E-state index is 14.9. The number of halogens is 1. The molecule has 0 aliphatic carbocycles. The summed E-state index contributed by atoms with van der Waals surface area (Å²) < 4.78 is 24.6. The molecule has 3 amide bonds. The Morgan fingerprint density at radius 2 is 1.74 bits per heavy atom. The molecule has 12 nitrogen and oxygen atoms in total. The lowest BCUT2D eigenvalue weighted by atomic mass is 10.0. The Morgan fingerprint density at radius 3 is 2.45 bits per heavy atom. The van der Waals surface area contributed by atoms with Crippen molar-refractivity contribution in [3.05, 3.63) is 65.6 Å². The molecule has 13 heteroatoms. The summed E-state index contributed by atoms with van der Waals surface area (Å²) in [4.78, 5) is 59.9. The van der Waals surface area contributed by atoms with E-state index in [1.165, 1.54) is 24.2 Å². The minimum absolute atomic E-state index is 0.0275. The molecule has 1 saturated heterocycles. The first-order chi connectivity index (χ1) is 18.4. The van der Waals surface area contributed by atoms with Crippen molar-refractivity contribution in [3.8, 4) is 17.5 Å². The zero-order valence-electron chi connectivity index (χ0n) is 20.1. The number of nitrogens with zero attached hydrogens (tertiary/aromatic N) is 4. The molecule has 5 rings (SSSR count). The van der Waals surface area contributed by atoms with E-state index in [1.807, 2.05) is 6.07 Å². The van der Waals surface area contributed by atoms with Gasteiger partial charge < -0.3 is 24.8 Å². The molecule has 4 aromatic rings. The number of H-pyrrole nitrogens is 1. The smallest absolute Gasteiger partial charge is 0.360 e. The summed E-state index contributed by atoms with van der Waals surface area (Å²) in [5.74, 6) is -2.61. The molecule has 0 unspecified atom stereocenters. The Morgan fingerprint density at radius 1 is 1.03 bits per heavy atom. The van der Waals surface area contributed by atoms with Gasteiger partial charge in [-0.1, -0.05) is 23.4 Å². The highest BCUT2D eigenvalue weighted by Crippen LogP contribution is 2.31. The number of ether oxygens (including phenoxy) is 1. The van der Waals surface area contributed by atoms with Gasteiger partial charge in [0.25, 0.3) is 17.6 Å². The third kappa shape index (κ3) is 4.56. The maximum Gasteiger partial charge on any atom is 0.426 e. The van der Waals surface area contributed by atoms with Crippen molar-refractivity contribution in [2.24, 2.45) is 0 Å². The van der Waals surface area contributed by atoms with Crippen molar-refractivity contribution in [2.75, 3.05) is 33.2 Å². The van der Waals surface area contributed by atoms with Gasteiger partial charge in [-0.25, -0.2) is 9.18 Å². The van der Waals surface area contributed by atoms with Crippen molar-refractivity contribution in [3.63, 3.8) is 0 Å². The minimum Gasteiger partial charge on any atom is -0.360 e. The van der Waals surface area contributed by atoms with Crippen LogP contribution in [-0.4, -0.2) is 81.8 Å². The van der Waals surface area contributed by atoms with Gasteiger partial charge in [0, 0.05) is 55.9 Å². The summed E-state index contributed by atoms with van der Waals surface area (Å²) in [6.07, 6.45) is -0.00460. The van der Waals surface area contributed by atoms with Crippen LogP contribution in [0.5, 0.6) is 6.08 Å². The Hall–Kier alpha value is -5.07. The molecule has 1 fully saturated rings. The van der Waals surface area contributed by atoms with Crippen molar-refractivity contribution >= 4 is 34.6 Å². The maximum atomic E-state index is 14.9. The number of piperazine rings is 1. The normalized spacial score (nSPS) is 13.4. The van der Waals surface area contributed by atoms with Gasteiger partial charge in [-0.05, 0) is 24.3 Å². The molecule has 0 radical (unpaired) electrons. The standard InChI is InChI=1S/C25H21FN6O6/c1-27-24(36)37-25-29-21(30-38-25)15-7-8-17(26)18-16(13-28-19(15)18)20(33)23(35)32-11-9-31(10-12-32)22(34)14-5-3-2-4-6-14/h2-8,13,28H,9-12H2,1H3,(H,27,36). The average molecular weight is 520 g/mol. The summed E-state index contributed by atoms with van der Waals surface area (Å²) in [6.45, 7) is 0.848. The third-order valence-corrected chi connectivity index (χ3v) is 6.13. The summed E-state index contributed by atoms with van der Waals surface area (Å²) in [7, 11) is 1.35. The van der Waals surface area contributed by atoms with Gasteiger partial charge in [0.2, 0.25) is 5.82 Å². The van der Waals surface area contributed by atoms with Crippen LogP contribution >= 0.6 is 0 Å². The first-order valence-electron chi connectivity index (χ1n) is 11.6. The lowest BCUT2D eigenvalue weighted by Crippen LogP contribution is -2.52. The Labute approximate surface area is 214 Å². The number of Topliss-reactive ketones (excluding diaryl/α,β-unsaturated/α-hetero) is 1. The molecular formula is C25H21FN6O6. The molecule has 0 spiro atoms. The summed E-state index contributed by atoms with van der Waals surface area (Å²) in [5.41, 5.74) is 0.808. The molecular weight excluding hydrogens is 499 g/mol. The van der Waals surface area contributed by atoms with Crippen LogP contribution in [0.1, 0.15) is 20.7 Å². The second kappa shape index (κ2) is 10.1. The lowest BCUT2D eigenvalue weighted by molar-refractivity contribution is -0.127. The molecule has 0 saturated carbocycles. The van der Waals surface area contributed by atoms with Crippen LogP contribution in [0.3, 0.4) is 0 Å². The zero-order valence-corrected chi connectivity index (χ0v) is 20.1. The largest absolute Gasteiger partial charge is 0.426 e. The number of rotatable bonds is 5. The fourth-order valence-corrected chi connectivity index (χ4v) is 4.20. The van der Waals surface area contributed by atoms with Crippen LogP contribution < -0.4 is 10.1 Å². The molecule has 2 aromatic carbocycles. The quantitative estimate of drug-likeness (QED) is 0.300. The van der Waals surface area contributed by atoms with E-state index in [2.05, 4.69) is 20.4 Å². The van der Waals surface area contributed by atoms with E-state index in [0.29, 0.717) is 5.56 Å². The van der Waals surface area contributed by atoms with Crippen LogP contribution in [0.2, 0.25) is 0 Å². The first kappa shape index (κ1) is 24.6. The van der Waals surface area contributed by atoms with Gasteiger partial charge in [-0.2, -0.15) is 4.98 Å². The number of aromatic amines is 1. The van der Waals surface area contributed by atoms with Crippen molar-refractivity contribution in [1.82, 2.24) is 30.2 Å². The first-order valence-corrected chi connectivity index (χ1v) is 11.6. The van der Waals surface area contributed by atoms with E-state index in [1.54, 1.807) is 29.2 Å². The van der Waals surface area contributed by atoms with E-state index >= 15 is 0 Å². The zero-order chi connectivity index (χ0) is 26.8. The minimum atomic E-state index is -0.896. The molecule has 38 heavy (non-hydrogen) atoms. The van der Waals surface area contributed by atoms with E-state index in [9.17, 15) is 23.6 Å². The number of hydrogen-bond acceptors (Lipinski definition) is 8. The highest BCUT2D eigenvalue weighted by atomic mass is 19.1. The molecule has 2 N–H and O–H groups in total. The Balaban J connectivity index is 1.33. The molecule has 1 aliphatic rings. The molecule has 1 aliphatic heterocycles. The highest BCUT2D eigenvalue weighted by Gasteiger charge is 2.31. The van der Waals surface area contributed by atoms with E-state index < -0.39 is 29.7 Å². The second-order valence-electron chi connectivity index (χ2n) is 8.35. The predicted molar refractivity (Wildman–Crippen MR) is 130 cm³/mol. The number of ketones is 1.